The van der Waals surface area contributed by atoms with E-state index in [1.807, 2.05) is 0 Å². The van der Waals surface area contributed by atoms with E-state index in [1.54, 1.807) is 5.57 Å². The van der Waals surface area contributed by atoms with Crippen LogP contribution in [0.2, 0.25) is 0 Å². The molecule has 0 radical (unpaired) electrons. The van der Waals surface area contributed by atoms with Gasteiger partial charge in [0.25, 0.3) is 0 Å². The molecule has 0 atom stereocenters. The second-order valence-corrected chi connectivity index (χ2v) is 6.71. The number of nitrogens with one attached hydrogen (secondary N) is 1. The number of hydrogen-bond donors (Lipinski definition) is 1. The van der Waals surface area contributed by atoms with Gasteiger partial charge in [-0.25, -0.2) is 0 Å². The Morgan fingerprint density at radius 2 is 1.94 bits per heavy atom. The smallest absolute Gasteiger partial charge is 0.00968 e. The first-order chi connectivity index (χ1) is 7.52. The first-order valence-corrected chi connectivity index (χ1v) is 6.96. The Morgan fingerprint density at radius 3 is 2.38 bits per heavy atom. The highest BCUT2D eigenvalue weighted by Crippen LogP contribution is 2.49. The van der Waals surface area contributed by atoms with E-state index in [-0.39, 0.29) is 5.54 Å². The maximum Gasteiger partial charge on any atom is 0.00968 e. The zero-order chi connectivity index (χ0) is 11.6. The van der Waals surface area contributed by atoms with Crippen molar-refractivity contribution in [2.75, 3.05) is 6.54 Å². The molecular formula is C15H27N. The summed E-state index contributed by atoms with van der Waals surface area (Å²) in [6.07, 6.45) is 12.3. The Hall–Kier alpha value is -0.300. The standard InChI is InChI=1S/C15H27N/c1-14(2,3)16-12-15(10-7-11-15)13-8-5-4-6-9-13/h8,16H,4-7,9-12H2,1-3H3. The van der Waals surface area contributed by atoms with E-state index >= 15 is 0 Å². The summed E-state index contributed by atoms with van der Waals surface area (Å²) in [5.41, 5.74) is 2.59. The van der Waals surface area contributed by atoms with Crippen LogP contribution in [0.25, 0.3) is 0 Å². The van der Waals surface area contributed by atoms with Gasteiger partial charge in [0, 0.05) is 17.5 Å². The fourth-order valence-corrected chi connectivity index (χ4v) is 2.97. The Kier molecular flexibility index (Phi) is 3.44. The molecule has 2 aliphatic carbocycles. The van der Waals surface area contributed by atoms with Crippen LogP contribution in [0.5, 0.6) is 0 Å². The molecule has 1 saturated carbocycles. The lowest BCUT2D eigenvalue weighted by Crippen LogP contribution is -2.48. The number of allylic oxidation sites excluding steroid dienone is 1. The van der Waals surface area contributed by atoms with Gasteiger partial charge in [0.1, 0.15) is 0 Å². The fraction of sp³-hybridized carbons (Fsp3) is 0.867. The van der Waals surface area contributed by atoms with Crippen LogP contribution < -0.4 is 5.32 Å². The summed E-state index contributed by atoms with van der Waals surface area (Å²) in [5, 5.41) is 3.72. The molecule has 0 spiro atoms. The highest BCUT2D eigenvalue weighted by molar-refractivity contribution is 5.21. The summed E-state index contributed by atoms with van der Waals surface area (Å²) in [4.78, 5) is 0. The SMILES string of the molecule is CC(C)(C)NCC1(C2=CCCCC2)CCC1. The molecular weight excluding hydrogens is 194 g/mol. The van der Waals surface area contributed by atoms with Crippen LogP contribution in [0.15, 0.2) is 11.6 Å². The summed E-state index contributed by atoms with van der Waals surface area (Å²) in [7, 11) is 0. The average molecular weight is 221 g/mol. The van der Waals surface area contributed by atoms with Gasteiger partial charge >= 0.3 is 0 Å². The number of hydrogen-bond acceptors (Lipinski definition) is 1. The molecule has 0 saturated heterocycles. The van der Waals surface area contributed by atoms with Crippen molar-refractivity contribution < 1.29 is 0 Å². The van der Waals surface area contributed by atoms with Crippen LogP contribution in [0.3, 0.4) is 0 Å². The van der Waals surface area contributed by atoms with Gasteiger partial charge < -0.3 is 5.32 Å². The summed E-state index contributed by atoms with van der Waals surface area (Å²) in [6, 6.07) is 0. The van der Waals surface area contributed by atoms with Crippen molar-refractivity contribution in [1.29, 1.82) is 0 Å². The summed E-state index contributed by atoms with van der Waals surface area (Å²) in [6.45, 7) is 8.01. The zero-order valence-corrected chi connectivity index (χ0v) is 11.2. The lowest BCUT2D eigenvalue weighted by molar-refractivity contribution is 0.156. The topological polar surface area (TPSA) is 12.0 Å². The Morgan fingerprint density at radius 1 is 1.19 bits per heavy atom. The maximum absolute atomic E-state index is 3.72. The molecule has 2 rings (SSSR count). The van der Waals surface area contributed by atoms with E-state index in [1.165, 1.54) is 51.5 Å². The van der Waals surface area contributed by atoms with Crippen molar-refractivity contribution in [1.82, 2.24) is 5.32 Å². The lowest BCUT2D eigenvalue weighted by Gasteiger charge is -2.47. The summed E-state index contributed by atoms with van der Waals surface area (Å²) in [5.74, 6) is 0. The van der Waals surface area contributed by atoms with E-state index in [2.05, 4.69) is 32.2 Å². The predicted octanol–water partition coefficient (Wildman–Crippen LogP) is 4.05. The van der Waals surface area contributed by atoms with Gasteiger partial charge in [0.2, 0.25) is 0 Å². The molecule has 0 heterocycles. The fourth-order valence-electron chi connectivity index (χ4n) is 2.97. The molecule has 1 heteroatoms. The molecule has 16 heavy (non-hydrogen) atoms. The molecule has 0 aromatic rings. The largest absolute Gasteiger partial charge is 0.311 e. The minimum Gasteiger partial charge on any atom is -0.311 e. The van der Waals surface area contributed by atoms with Crippen LogP contribution in [0.1, 0.15) is 65.7 Å². The van der Waals surface area contributed by atoms with Gasteiger partial charge in [-0.2, -0.15) is 0 Å². The third kappa shape index (κ3) is 2.68. The maximum atomic E-state index is 3.72. The van der Waals surface area contributed by atoms with Crippen LogP contribution >= 0.6 is 0 Å². The van der Waals surface area contributed by atoms with Crippen LogP contribution in [0, 0.1) is 5.41 Å². The van der Waals surface area contributed by atoms with Gasteiger partial charge in [-0.15, -0.1) is 0 Å². The molecule has 1 N–H and O–H groups in total. The molecule has 0 bridgehead atoms. The quantitative estimate of drug-likeness (QED) is 0.709. The highest BCUT2D eigenvalue weighted by atomic mass is 15.0. The predicted molar refractivity (Wildman–Crippen MR) is 70.6 cm³/mol. The Balaban J connectivity index is 1.99. The first kappa shape index (κ1) is 12.2. The van der Waals surface area contributed by atoms with Crippen LogP contribution in [-0.4, -0.2) is 12.1 Å². The van der Waals surface area contributed by atoms with Crippen molar-refractivity contribution in [3.63, 3.8) is 0 Å². The molecule has 2 aliphatic rings. The molecule has 92 valence electrons. The van der Waals surface area contributed by atoms with E-state index in [0.717, 1.165) is 0 Å². The van der Waals surface area contributed by atoms with E-state index in [0.29, 0.717) is 5.41 Å². The summed E-state index contributed by atoms with van der Waals surface area (Å²) >= 11 is 0. The van der Waals surface area contributed by atoms with Crippen molar-refractivity contribution in [3.8, 4) is 0 Å². The van der Waals surface area contributed by atoms with Crippen molar-refractivity contribution >= 4 is 0 Å². The normalized spacial score (nSPS) is 24.8. The minimum absolute atomic E-state index is 0.262. The molecule has 0 aliphatic heterocycles. The Labute approximate surface area is 101 Å². The van der Waals surface area contributed by atoms with Gasteiger partial charge in [-0.3, -0.25) is 0 Å². The van der Waals surface area contributed by atoms with Crippen molar-refractivity contribution in [3.05, 3.63) is 11.6 Å². The molecule has 1 fully saturated rings. The first-order valence-electron chi connectivity index (χ1n) is 6.96. The molecule has 0 unspecified atom stereocenters. The second kappa shape index (κ2) is 4.52. The van der Waals surface area contributed by atoms with E-state index < -0.39 is 0 Å². The van der Waals surface area contributed by atoms with Crippen LogP contribution in [0.4, 0.5) is 0 Å². The van der Waals surface area contributed by atoms with Gasteiger partial charge in [0.15, 0.2) is 0 Å². The lowest BCUT2D eigenvalue weighted by atomic mass is 9.61. The monoisotopic (exact) mass is 221 g/mol. The van der Waals surface area contributed by atoms with E-state index in [4.69, 9.17) is 0 Å². The molecule has 0 aromatic carbocycles. The molecule has 1 nitrogen and oxygen atoms in total. The third-order valence-electron chi connectivity index (χ3n) is 4.24. The second-order valence-electron chi connectivity index (χ2n) is 6.71. The minimum atomic E-state index is 0.262. The Bertz CT molecular complexity index is 266. The molecule has 0 amide bonds. The zero-order valence-electron chi connectivity index (χ0n) is 11.2. The highest BCUT2D eigenvalue weighted by Gasteiger charge is 2.40. The average Bonchev–Trinajstić information content (AvgIpc) is 2.16. The van der Waals surface area contributed by atoms with Gasteiger partial charge in [-0.05, 0) is 59.3 Å². The van der Waals surface area contributed by atoms with Gasteiger partial charge in [-0.1, -0.05) is 18.1 Å². The van der Waals surface area contributed by atoms with Crippen molar-refractivity contribution in [2.24, 2.45) is 5.41 Å². The number of rotatable bonds is 3. The van der Waals surface area contributed by atoms with Gasteiger partial charge in [0.05, 0.1) is 0 Å². The third-order valence-corrected chi connectivity index (χ3v) is 4.24. The van der Waals surface area contributed by atoms with Crippen molar-refractivity contribution in [2.45, 2.75) is 71.3 Å². The van der Waals surface area contributed by atoms with Crippen LogP contribution in [-0.2, 0) is 0 Å². The molecule has 0 aromatic heterocycles. The van der Waals surface area contributed by atoms with E-state index in [9.17, 15) is 0 Å². The summed E-state index contributed by atoms with van der Waals surface area (Å²) < 4.78 is 0.